The number of hydrogen-bond acceptors (Lipinski definition) is 3. The highest BCUT2D eigenvalue weighted by Crippen LogP contribution is 2.22. The average Bonchev–Trinajstić information content (AvgIpc) is 2.69. The lowest BCUT2D eigenvalue weighted by molar-refractivity contribution is -0.130. The standard InChI is InChI=1S/C21H23N3O3/c1-21(2,16-6-4-3-5-7-16)14-22-20(27)15-8-10-17(11-9-15)24-19(26)13-12-18(25)23-24/h3-11H,12-14H2,1-2H3,(H,22,27)(H,23,25). The van der Waals surface area contributed by atoms with Gasteiger partial charge in [-0.2, -0.15) is 0 Å². The minimum absolute atomic E-state index is 0.170. The first kappa shape index (κ1) is 18.6. The normalized spacial score (nSPS) is 14.7. The molecule has 27 heavy (non-hydrogen) atoms. The summed E-state index contributed by atoms with van der Waals surface area (Å²) in [4.78, 5) is 35.9. The van der Waals surface area contributed by atoms with Crippen molar-refractivity contribution < 1.29 is 14.4 Å². The van der Waals surface area contributed by atoms with Gasteiger partial charge in [0.25, 0.3) is 5.91 Å². The molecule has 0 unspecified atom stereocenters. The Morgan fingerprint density at radius 1 is 1.04 bits per heavy atom. The van der Waals surface area contributed by atoms with E-state index in [1.54, 1.807) is 24.3 Å². The van der Waals surface area contributed by atoms with Gasteiger partial charge in [0, 0.05) is 30.4 Å². The van der Waals surface area contributed by atoms with E-state index in [2.05, 4.69) is 24.6 Å². The fourth-order valence-corrected chi connectivity index (χ4v) is 2.94. The van der Waals surface area contributed by atoms with Gasteiger partial charge >= 0.3 is 0 Å². The third kappa shape index (κ3) is 4.34. The molecule has 3 amide bonds. The molecule has 1 aliphatic heterocycles. The predicted molar refractivity (Wildman–Crippen MR) is 103 cm³/mol. The molecular weight excluding hydrogens is 342 g/mol. The van der Waals surface area contributed by atoms with Gasteiger partial charge in [0.1, 0.15) is 0 Å². The largest absolute Gasteiger partial charge is 0.351 e. The lowest BCUT2D eigenvalue weighted by Gasteiger charge is -2.27. The molecule has 1 saturated heterocycles. The molecule has 6 heteroatoms. The first-order valence-corrected chi connectivity index (χ1v) is 8.93. The van der Waals surface area contributed by atoms with Gasteiger partial charge in [0.05, 0.1) is 5.69 Å². The Morgan fingerprint density at radius 2 is 1.70 bits per heavy atom. The van der Waals surface area contributed by atoms with E-state index in [0.717, 1.165) is 5.56 Å². The van der Waals surface area contributed by atoms with Gasteiger partial charge in [0.15, 0.2) is 0 Å². The Hall–Kier alpha value is -3.15. The van der Waals surface area contributed by atoms with E-state index >= 15 is 0 Å². The first-order chi connectivity index (χ1) is 12.9. The number of anilines is 1. The summed E-state index contributed by atoms with van der Waals surface area (Å²) in [5.74, 6) is -0.546. The fraction of sp³-hybridized carbons (Fsp3) is 0.286. The van der Waals surface area contributed by atoms with Crippen molar-refractivity contribution in [2.45, 2.75) is 32.1 Å². The second kappa shape index (κ2) is 7.61. The molecule has 2 aromatic carbocycles. The minimum atomic E-state index is -0.195. The van der Waals surface area contributed by atoms with E-state index in [-0.39, 0.29) is 36.0 Å². The zero-order valence-electron chi connectivity index (χ0n) is 15.5. The summed E-state index contributed by atoms with van der Waals surface area (Å²) in [6.07, 6.45) is 0.385. The number of hydrazine groups is 1. The Morgan fingerprint density at radius 3 is 2.37 bits per heavy atom. The molecule has 0 aliphatic carbocycles. The third-order valence-electron chi connectivity index (χ3n) is 4.69. The van der Waals surface area contributed by atoms with Gasteiger partial charge in [-0.05, 0) is 29.8 Å². The number of nitrogens with one attached hydrogen (secondary N) is 2. The molecule has 0 aromatic heterocycles. The highest BCUT2D eigenvalue weighted by atomic mass is 16.2. The number of carbonyl (C=O) groups excluding carboxylic acids is 3. The van der Waals surface area contributed by atoms with Gasteiger partial charge in [-0.25, -0.2) is 5.01 Å². The molecule has 0 atom stereocenters. The zero-order chi connectivity index (χ0) is 19.4. The Kier molecular flexibility index (Phi) is 5.26. The summed E-state index contributed by atoms with van der Waals surface area (Å²) in [6, 6.07) is 16.6. The Balaban J connectivity index is 1.64. The third-order valence-corrected chi connectivity index (χ3v) is 4.69. The van der Waals surface area contributed by atoms with E-state index in [1.165, 1.54) is 5.01 Å². The maximum Gasteiger partial charge on any atom is 0.251 e. The molecule has 2 aromatic rings. The minimum Gasteiger partial charge on any atom is -0.351 e. The Labute approximate surface area is 158 Å². The van der Waals surface area contributed by atoms with Crippen LogP contribution < -0.4 is 15.8 Å². The highest BCUT2D eigenvalue weighted by Gasteiger charge is 2.25. The van der Waals surface area contributed by atoms with Crippen molar-refractivity contribution in [1.82, 2.24) is 10.7 Å². The van der Waals surface area contributed by atoms with Crippen LogP contribution in [0.5, 0.6) is 0 Å². The van der Waals surface area contributed by atoms with Gasteiger partial charge < -0.3 is 5.32 Å². The fourth-order valence-electron chi connectivity index (χ4n) is 2.94. The van der Waals surface area contributed by atoms with Gasteiger partial charge in [0.2, 0.25) is 11.8 Å². The summed E-state index contributed by atoms with van der Waals surface area (Å²) in [5.41, 5.74) is 4.53. The summed E-state index contributed by atoms with van der Waals surface area (Å²) >= 11 is 0. The molecule has 3 rings (SSSR count). The second-order valence-electron chi connectivity index (χ2n) is 7.24. The van der Waals surface area contributed by atoms with Crippen molar-refractivity contribution >= 4 is 23.4 Å². The summed E-state index contributed by atoms with van der Waals surface area (Å²) in [5, 5.41) is 4.19. The molecule has 6 nitrogen and oxygen atoms in total. The molecule has 0 saturated carbocycles. The van der Waals surface area contributed by atoms with Crippen molar-refractivity contribution in [2.24, 2.45) is 0 Å². The Bertz CT molecular complexity index is 845. The lowest BCUT2D eigenvalue weighted by Crippen LogP contribution is -2.50. The van der Waals surface area contributed by atoms with Crippen molar-refractivity contribution in [2.75, 3.05) is 11.6 Å². The van der Waals surface area contributed by atoms with Crippen LogP contribution in [0.15, 0.2) is 54.6 Å². The van der Waals surface area contributed by atoms with E-state index in [1.807, 2.05) is 30.3 Å². The van der Waals surface area contributed by atoms with E-state index in [9.17, 15) is 14.4 Å². The van der Waals surface area contributed by atoms with Gasteiger partial charge in [-0.1, -0.05) is 44.2 Å². The van der Waals surface area contributed by atoms with Crippen LogP contribution >= 0.6 is 0 Å². The molecule has 1 heterocycles. The first-order valence-electron chi connectivity index (χ1n) is 8.93. The lowest BCUT2D eigenvalue weighted by atomic mass is 9.84. The number of benzene rings is 2. The molecule has 0 bridgehead atoms. The monoisotopic (exact) mass is 365 g/mol. The van der Waals surface area contributed by atoms with E-state index < -0.39 is 0 Å². The van der Waals surface area contributed by atoms with Crippen LogP contribution in [0.3, 0.4) is 0 Å². The molecular formula is C21H23N3O3. The topological polar surface area (TPSA) is 78.5 Å². The second-order valence-corrected chi connectivity index (χ2v) is 7.24. The van der Waals surface area contributed by atoms with Crippen LogP contribution in [0.25, 0.3) is 0 Å². The summed E-state index contributed by atoms with van der Waals surface area (Å²) in [7, 11) is 0. The smallest absolute Gasteiger partial charge is 0.251 e. The SMILES string of the molecule is CC(C)(CNC(=O)c1ccc(N2NC(=O)CCC2=O)cc1)c1ccccc1. The number of hydrogen-bond donors (Lipinski definition) is 2. The number of carbonyl (C=O) groups is 3. The van der Waals surface area contributed by atoms with E-state index in [0.29, 0.717) is 17.8 Å². The van der Waals surface area contributed by atoms with Crippen LogP contribution in [0, 0.1) is 0 Å². The number of rotatable bonds is 5. The quantitative estimate of drug-likeness (QED) is 0.855. The van der Waals surface area contributed by atoms with Crippen molar-refractivity contribution in [1.29, 1.82) is 0 Å². The number of nitrogens with zero attached hydrogens (tertiary/aromatic N) is 1. The molecule has 1 aliphatic rings. The number of amides is 3. The van der Waals surface area contributed by atoms with Crippen molar-refractivity contribution in [3.8, 4) is 0 Å². The highest BCUT2D eigenvalue weighted by molar-refractivity contribution is 6.01. The predicted octanol–water partition coefficient (Wildman–Crippen LogP) is 2.55. The average molecular weight is 365 g/mol. The van der Waals surface area contributed by atoms with Crippen LogP contribution in [0.2, 0.25) is 0 Å². The van der Waals surface area contributed by atoms with Gasteiger partial charge in [-0.3, -0.25) is 19.8 Å². The molecule has 2 N–H and O–H groups in total. The summed E-state index contributed by atoms with van der Waals surface area (Å²) < 4.78 is 0. The molecule has 1 fully saturated rings. The van der Waals surface area contributed by atoms with Crippen LogP contribution in [0.4, 0.5) is 5.69 Å². The van der Waals surface area contributed by atoms with Crippen LogP contribution in [-0.2, 0) is 15.0 Å². The van der Waals surface area contributed by atoms with Crippen molar-refractivity contribution in [3.63, 3.8) is 0 Å². The maximum atomic E-state index is 12.5. The summed E-state index contributed by atoms with van der Waals surface area (Å²) in [6.45, 7) is 4.66. The molecule has 140 valence electrons. The van der Waals surface area contributed by atoms with Crippen LogP contribution in [-0.4, -0.2) is 24.3 Å². The molecule has 0 spiro atoms. The molecule has 0 radical (unpaired) electrons. The van der Waals surface area contributed by atoms with Crippen LogP contribution in [0.1, 0.15) is 42.6 Å². The van der Waals surface area contributed by atoms with Crippen molar-refractivity contribution in [3.05, 3.63) is 65.7 Å². The van der Waals surface area contributed by atoms with E-state index in [4.69, 9.17) is 0 Å². The van der Waals surface area contributed by atoms with Gasteiger partial charge in [-0.15, -0.1) is 0 Å². The maximum absolute atomic E-state index is 12.5. The zero-order valence-corrected chi connectivity index (χ0v) is 15.5.